The summed E-state index contributed by atoms with van der Waals surface area (Å²) >= 11 is 0. The van der Waals surface area contributed by atoms with Gasteiger partial charge in [-0.15, -0.1) is 0 Å². The Kier molecular flexibility index (Phi) is 3.48. The molecule has 15 heavy (non-hydrogen) atoms. The fourth-order valence-corrected chi connectivity index (χ4v) is 3.12. The number of piperazine rings is 1. The van der Waals surface area contributed by atoms with E-state index in [4.69, 9.17) is 0 Å². The summed E-state index contributed by atoms with van der Waals surface area (Å²) in [6, 6.07) is 0.286. The minimum Gasteiger partial charge on any atom is -0.293 e. The first-order chi connectivity index (χ1) is 6.62. The van der Waals surface area contributed by atoms with Gasteiger partial charge < -0.3 is 0 Å². The molecule has 4 nitrogen and oxygen atoms in total. The molecule has 0 aromatic heterocycles. The summed E-state index contributed by atoms with van der Waals surface area (Å²) in [6.45, 7) is 10.6. The Labute approximate surface area is 93.3 Å². The molecular formula is C10H22N2O2S. The van der Waals surface area contributed by atoms with E-state index in [2.05, 4.69) is 32.6 Å². The van der Waals surface area contributed by atoms with Gasteiger partial charge in [0.25, 0.3) is 0 Å². The maximum Gasteiger partial charge on any atom is 0.211 e. The number of sulfonamides is 1. The fourth-order valence-electron chi connectivity index (χ4n) is 2.22. The third-order valence-electron chi connectivity index (χ3n) is 2.92. The SMILES string of the molecule is C[C@@H]1CN(S(C)(=O)=O)CCN1C(C)(C)C. The first kappa shape index (κ1) is 12.9. The van der Waals surface area contributed by atoms with Gasteiger partial charge in [-0.05, 0) is 27.7 Å². The zero-order chi connectivity index (χ0) is 11.9. The first-order valence-corrected chi connectivity index (χ1v) is 7.19. The van der Waals surface area contributed by atoms with Gasteiger partial charge in [-0.1, -0.05) is 0 Å². The van der Waals surface area contributed by atoms with E-state index in [-0.39, 0.29) is 11.6 Å². The van der Waals surface area contributed by atoms with E-state index in [9.17, 15) is 8.42 Å². The Balaban J connectivity index is 2.72. The van der Waals surface area contributed by atoms with Crippen molar-refractivity contribution in [2.24, 2.45) is 0 Å². The van der Waals surface area contributed by atoms with E-state index in [0.29, 0.717) is 13.1 Å². The van der Waals surface area contributed by atoms with Crippen LogP contribution < -0.4 is 0 Å². The van der Waals surface area contributed by atoms with Crippen molar-refractivity contribution in [3.05, 3.63) is 0 Å². The summed E-state index contributed by atoms with van der Waals surface area (Å²) in [4.78, 5) is 2.36. The topological polar surface area (TPSA) is 40.6 Å². The molecule has 5 heteroatoms. The molecule has 1 fully saturated rings. The molecule has 1 heterocycles. The maximum atomic E-state index is 11.4. The van der Waals surface area contributed by atoms with Gasteiger partial charge in [0, 0.05) is 31.2 Å². The normalized spacial score (nSPS) is 26.9. The summed E-state index contributed by atoms with van der Waals surface area (Å²) < 4.78 is 24.4. The van der Waals surface area contributed by atoms with Crippen molar-refractivity contribution in [1.29, 1.82) is 0 Å². The average molecular weight is 234 g/mol. The molecule has 1 aliphatic heterocycles. The first-order valence-electron chi connectivity index (χ1n) is 5.34. The van der Waals surface area contributed by atoms with E-state index >= 15 is 0 Å². The number of hydrogen-bond donors (Lipinski definition) is 0. The Bertz CT molecular complexity index is 319. The molecule has 0 radical (unpaired) electrons. The molecule has 1 saturated heterocycles. The molecule has 0 spiro atoms. The maximum absolute atomic E-state index is 11.4. The van der Waals surface area contributed by atoms with Crippen LogP contribution in [0.3, 0.4) is 0 Å². The lowest BCUT2D eigenvalue weighted by Crippen LogP contribution is -2.58. The van der Waals surface area contributed by atoms with Gasteiger partial charge in [0.2, 0.25) is 10.0 Å². The highest BCUT2D eigenvalue weighted by Crippen LogP contribution is 2.21. The van der Waals surface area contributed by atoms with Crippen molar-refractivity contribution in [1.82, 2.24) is 9.21 Å². The third kappa shape index (κ3) is 3.16. The van der Waals surface area contributed by atoms with Crippen molar-refractivity contribution in [2.75, 3.05) is 25.9 Å². The third-order valence-corrected chi connectivity index (χ3v) is 4.19. The minimum absolute atomic E-state index is 0.114. The Morgan fingerprint density at radius 2 is 1.73 bits per heavy atom. The van der Waals surface area contributed by atoms with Gasteiger partial charge in [-0.25, -0.2) is 8.42 Å². The quantitative estimate of drug-likeness (QED) is 0.672. The van der Waals surface area contributed by atoms with E-state index in [1.54, 1.807) is 4.31 Å². The van der Waals surface area contributed by atoms with Crippen LogP contribution in [0.4, 0.5) is 0 Å². The lowest BCUT2D eigenvalue weighted by atomic mass is 10.0. The zero-order valence-electron chi connectivity index (χ0n) is 10.3. The number of nitrogens with zero attached hydrogens (tertiary/aromatic N) is 2. The van der Waals surface area contributed by atoms with Crippen LogP contribution in [-0.2, 0) is 10.0 Å². The summed E-state index contributed by atoms with van der Waals surface area (Å²) in [7, 11) is -3.02. The number of rotatable bonds is 1. The van der Waals surface area contributed by atoms with Crippen molar-refractivity contribution >= 4 is 10.0 Å². The fraction of sp³-hybridized carbons (Fsp3) is 1.00. The van der Waals surface area contributed by atoms with Gasteiger partial charge in [-0.3, -0.25) is 4.90 Å². The lowest BCUT2D eigenvalue weighted by molar-refractivity contribution is 0.0447. The summed E-state index contributed by atoms with van der Waals surface area (Å²) in [6.07, 6.45) is 1.28. The van der Waals surface area contributed by atoms with E-state index in [1.807, 2.05) is 0 Å². The van der Waals surface area contributed by atoms with Crippen LogP contribution in [0.1, 0.15) is 27.7 Å². The van der Waals surface area contributed by atoms with Gasteiger partial charge >= 0.3 is 0 Å². The molecule has 0 aromatic carbocycles. The molecule has 1 rings (SSSR count). The van der Waals surface area contributed by atoms with Gasteiger partial charge in [0.05, 0.1) is 6.26 Å². The van der Waals surface area contributed by atoms with Crippen molar-refractivity contribution in [3.63, 3.8) is 0 Å². The van der Waals surface area contributed by atoms with Crippen molar-refractivity contribution in [3.8, 4) is 0 Å². The van der Waals surface area contributed by atoms with E-state index < -0.39 is 10.0 Å². The van der Waals surface area contributed by atoms with Crippen molar-refractivity contribution in [2.45, 2.75) is 39.3 Å². The highest BCUT2D eigenvalue weighted by atomic mass is 32.2. The highest BCUT2D eigenvalue weighted by molar-refractivity contribution is 7.88. The molecule has 0 aromatic rings. The second-order valence-electron chi connectivity index (χ2n) is 5.33. The average Bonchev–Trinajstić information content (AvgIpc) is 1.99. The second kappa shape index (κ2) is 4.03. The molecule has 1 atom stereocenters. The highest BCUT2D eigenvalue weighted by Gasteiger charge is 2.33. The van der Waals surface area contributed by atoms with Crippen LogP contribution in [0.25, 0.3) is 0 Å². The standard InChI is InChI=1S/C10H22N2O2S/c1-9-8-11(15(5,13)14)6-7-12(9)10(2,3)4/h9H,6-8H2,1-5H3/t9-/m1/s1. The molecule has 0 aliphatic carbocycles. The molecule has 0 N–H and O–H groups in total. The lowest BCUT2D eigenvalue weighted by Gasteiger charge is -2.46. The van der Waals surface area contributed by atoms with Crippen LogP contribution in [0.5, 0.6) is 0 Å². The summed E-state index contributed by atoms with van der Waals surface area (Å²) in [5, 5.41) is 0. The van der Waals surface area contributed by atoms with Crippen LogP contribution in [0.2, 0.25) is 0 Å². The molecule has 0 bridgehead atoms. The molecule has 1 aliphatic rings. The Hall–Kier alpha value is -0.130. The minimum atomic E-state index is -3.02. The molecule has 90 valence electrons. The van der Waals surface area contributed by atoms with Crippen LogP contribution >= 0.6 is 0 Å². The number of hydrogen-bond acceptors (Lipinski definition) is 3. The predicted molar refractivity (Wildman–Crippen MR) is 62.3 cm³/mol. The summed E-state index contributed by atoms with van der Waals surface area (Å²) in [5.74, 6) is 0. The predicted octanol–water partition coefficient (Wildman–Crippen LogP) is 0.751. The zero-order valence-corrected chi connectivity index (χ0v) is 11.1. The Morgan fingerprint density at radius 1 is 1.20 bits per heavy atom. The largest absolute Gasteiger partial charge is 0.293 e. The van der Waals surface area contributed by atoms with Crippen LogP contribution in [-0.4, -0.2) is 55.1 Å². The van der Waals surface area contributed by atoms with Crippen LogP contribution in [0.15, 0.2) is 0 Å². The molecule has 0 amide bonds. The monoisotopic (exact) mass is 234 g/mol. The van der Waals surface area contributed by atoms with Crippen LogP contribution in [0, 0.1) is 0 Å². The van der Waals surface area contributed by atoms with Gasteiger partial charge in [-0.2, -0.15) is 4.31 Å². The van der Waals surface area contributed by atoms with Crippen molar-refractivity contribution < 1.29 is 8.42 Å². The second-order valence-corrected chi connectivity index (χ2v) is 7.32. The van der Waals surface area contributed by atoms with E-state index in [1.165, 1.54) is 6.26 Å². The van der Waals surface area contributed by atoms with E-state index in [0.717, 1.165) is 6.54 Å². The van der Waals surface area contributed by atoms with Gasteiger partial charge in [0.1, 0.15) is 0 Å². The summed E-state index contributed by atoms with van der Waals surface area (Å²) in [5.41, 5.74) is 0.114. The molecule has 0 unspecified atom stereocenters. The van der Waals surface area contributed by atoms with Gasteiger partial charge in [0.15, 0.2) is 0 Å². The Morgan fingerprint density at radius 3 is 2.07 bits per heavy atom. The molecule has 0 saturated carbocycles. The smallest absolute Gasteiger partial charge is 0.211 e. The molecular weight excluding hydrogens is 212 g/mol.